The molecule has 106 valence electrons. The summed E-state index contributed by atoms with van der Waals surface area (Å²) in [5, 5.41) is 3.58. The van der Waals surface area contributed by atoms with E-state index in [1.165, 1.54) is 5.56 Å². The van der Waals surface area contributed by atoms with Gasteiger partial charge in [-0.25, -0.2) is 4.98 Å². The first-order valence-electron chi connectivity index (χ1n) is 7.29. The standard InChI is InChI=1S/C17H17N3O/c1-4-8-16-12(5-1)13(9-10-21-16)18-11-17-19-14-6-2-3-7-15(14)20-17/h1-8,13,18H,9-11H2,(H,19,20). The van der Waals surface area contributed by atoms with Crippen LogP contribution in [0, 0.1) is 0 Å². The predicted molar refractivity (Wildman–Crippen MR) is 82.2 cm³/mol. The maximum atomic E-state index is 5.69. The van der Waals surface area contributed by atoms with E-state index in [0.29, 0.717) is 6.04 Å². The lowest BCUT2D eigenvalue weighted by atomic mass is 10.0. The van der Waals surface area contributed by atoms with Crippen LogP contribution < -0.4 is 10.1 Å². The first-order valence-corrected chi connectivity index (χ1v) is 7.29. The molecule has 0 bridgehead atoms. The van der Waals surface area contributed by atoms with Gasteiger partial charge in [0.1, 0.15) is 11.6 Å². The highest BCUT2D eigenvalue weighted by Crippen LogP contribution is 2.31. The molecule has 1 atom stereocenters. The summed E-state index contributed by atoms with van der Waals surface area (Å²) in [5.74, 6) is 1.96. The molecule has 2 heterocycles. The van der Waals surface area contributed by atoms with E-state index >= 15 is 0 Å². The number of nitrogens with zero attached hydrogens (tertiary/aromatic N) is 1. The number of fused-ring (bicyclic) bond motifs is 2. The summed E-state index contributed by atoms with van der Waals surface area (Å²) in [6.07, 6.45) is 0.983. The topological polar surface area (TPSA) is 49.9 Å². The minimum absolute atomic E-state index is 0.322. The Kier molecular flexibility index (Phi) is 3.09. The molecule has 0 amide bonds. The molecule has 1 aliphatic rings. The Morgan fingerprint density at radius 1 is 1.14 bits per heavy atom. The molecule has 4 nitrogen and oxygen atoms in total. The third kappa shape index (κ3) is 2.38. The Morgan fingerprint density at radius 2 is 2.00 bits per heavy atom. The summed E-state index contributed by atoms with van der Waals surface area (Å²) < 4.78 is 5.69. The molecule has 2 aromatic carbocycles. The number of nitrogens with one attached hydrogen (secondary N) is 2. The number of para-hydroxylation sites is 3. The molecule has 3 aromatic rings. The van der Waals surface area contributed by atoms with E-state index in [9.17, 15) is 0 Å². The highest BCUT2D eigenvalue weighted by atomic mass is 16.5. The minimum Gasteiger partial charge on any atom is -0.493 e. The largest absolute Gasteiger partial charge is 0.493 e. The third-order valence-electron chi connectivity index (χ3n) is 3.91. The molecule has 0 aliphatic carbocycles. The molecule has 0 fully saturated rings. The molecule has 1 unspecified atom stereocenters. The second-order valence-corrected chi connectivity index (χ2v) is 5.31. The molecule has 0 saturated carbocycles. The molecule has 1 aromatic heterocycles. The summed E-state index contributed by atoms with van der Waals surface area (Å²) in [5.41, 5.74) is 3.34. The number of H-pyrrole nitrogens is 1. The number of hydrogen-bond donors (Lipinski definition) is 2. The van der Waals surface area contributed by atoms with Crippen molar-refractivity contribution in [3.63, 3.8) is 0 Å². The average molecular weight is 279 g/mol. The van der Waals surface area contributed by atoms with Crippen LogP contribution in [0.1, 0.15) is 23.9 Å². The number of benzene rings is 2. The number of aromatic amines is 1. The molecular weight excluding hydrogens is 262 g/mol. The van der Waals surface area contributed by atoms with Gasteiger partial charge < -0.3 is 15.0 Å². The molecule has 4 rings (SSSR count). The van der Waals surface area contributed by atoms with E-state index < -0.39 is 0 Å². The van der Waals surface area contributed by atoms with Crippen molar-refractivity contribution >= 4 is 11.0 Å². The van der Waals surface area contributed by atoms with Gasteiger partial charge >= 0.3 is 0 Å². The molecule has 4 heteroatoms. The smallest absolute Gasteiger partial charge is 0.124 e. The summed E-state index contributed by atoms with van der Waals surface area (Å²) in [6, 6.07) is 16.7. The van der Waals surface area contributed by atoms with E-state index in [1.54, 1.807) is 0 Å². The highest BCUT2D eigenvalue weighted by molar-refractivity contribution is 5.74. The van der Waals surface area contributed by atoms with Gasteiger partial charge in [-0.3, -0.25) is 0 Å². The zero-order chi connectivity index (χ0) is 14.1. The Labute approximate surface area is 123 Å². The molecular formula is C17H17N3O. The van der Waals surface area contributed by atoms with Gasteiger partial charge in [-0.15, -0.1) is 0 Å². The van der Waals surface area contributed by atoms with E-state index in [4.69, 9.17) is 4.74 Å². The quantitative estimate of drug-likeness (QED) is 0.774. The fourth-order valence-electron chi connectivity index (χ4n) is 2.86. The first-order chi connectivity index (χ1) is 10.4. The fraction of sp³-hybridized carbons (Fsp3) is 0.235. The summed E-state index contributed by atoms with van der Waals surface area (Å²) in [6.45, 7) is 1.49. The van der Waals surface area contributed by atoms with Gasteiger partial charge in [0.05, 0.1) is 24.2 Å². The molecule has 0 radical (unpaired) electrons. The van der Waals surface area contributed by atoms with Crippen molar-refractivity contribution in [2.45, 2.75) is 19.0 Å². The van der Waals surface area contributed by atoms with Gasteiger partial charge in [0.2, 0.25) is 0 Å². The van der Waals surface area contributed by atoms with Crippen molar-refractivity contribution in [3.8, 4) is 5.75 Å². The third-order valence-corrected chi connectivity index (χ3v) is 3.91. The van der Waals surface area contributed by atoms with Crippen molar-refractivity contribution in [2.24, 2.45) is 0 Å². The Bertz CT molecular complexity index is 732. The van der Waals surface area contributed by atoms with Crippen LogP contribution in [-0.4, -0.2) is 16.6 Å². The average Bonchev–Trinajstić information content (AvgIpc) is 2.96. The monoisotopic (exact) mass is 279 g/mol. The molecule has 0 spiro atoms. The van der Waals surface area contributed by atoms with Crippen LogP contribution >= 0.6 is 0 Å². The second kappa shape index (κ2) is 5.22. The maximum Gasteiger partial charge on any atom is 0.124 e. The Morgan fingerprint density at radius 3 is 2.95 bits per heavy atom. The van der Waals surface area contributed by atoms with Crippen LogP contribution in [0.3, 0.4) is 0 Å². The fourth-order valence-corrected chi connectivity index (χ4v) is 2.86. The van der Waals surface area contributed by atoms with Crippen molar-refractivity contribution in [3.05, 3.63) is 59.9 Å². The molecule has 0 saturated heterocycles. The van der Waals surface area contributed by atoms with Gasteiger partial charge in [-0.1, -0.05) is 30.3 Å². The predicted octanol–water partition coefficient (Wildman–Crippen LogP) is 3.18. The maximum absolute atomic E-state index is 5.69. The van der Waals surface area contributed by atoms with E-state index in [0.717, 1.165) is 42.2 Å². The van der Waals surface area contributed by atoms with Gasteiger partial charge in [0.15, 0.2) is 0 Å². The normalized spacial score (nSPS) is 17.4. The lowest BCUT2D eigenvalue weighted by molar-refractivity contribution is 0.251. The zero-order valence-corrected chi connectivity index (χ0v) is 11.7. The second-order valence-electron chi connectivity index (χ2n) is 5.31. The zero-order valence-electron chi connectivity index (χ0n) is 11.7. The van der Waals surface area contributed by atoms with Crippen LogP contribution in [-0.2, 0) is 6.54 Å². The first kappa shape index (κ1) is 12.4. The van der Waals surface area contributed by atoms with Crippen LogP contribution in [0.4, 0.5) is 0 Å². The van der Waals surface area contributed by atoms with Crippen LogP contribution in [0.15, 0.2) is 48.5 Å². The highest BCUT2D eigenvalue weighted by Gasteiger charge is 2.20. The molecule has 2 N–H and O–H groups in total. The molecule has 1 aliphatic heterocycles. The lowest BCUT2D eigenvalue weighted by Gasteiger charge is -2.26. The van der Waals surface area contributed by atoms with Crippen molar-refractivity contribution in [1.29, 1.82) is 0 Å². The number of aromatic nitrogens is 2. The number of rotatable bonds is 3. The van der Waals surface area contributed by atoms with Crippen LogP contribution in [0.2, 0.25) is 0 Å². The van der Waals surface area contributed by atoms with Crippen LogP contribution in [0.25, 0.3) is 11.0 Å². The number of ether oxygens (including phenoxy) is 1. The minimum atomic E-state index is 0.322. The van der Waals surface area contributed by atoms with Crippen molar-refractivity contribution < 1.29 is 4.74 Å². The summed E-state index contributed by atoms with van der Waals surface area (Å²) in [4.78, 5) is 7.96. The van der Waals surface area contributed by atoms with Crippen LogP contribution in [0.5, 0.6) is 5.75 Å². The molecule has 21 heavy (non-hydrogen) atoms. The van der Waals surface area contributed by atoms with Crippen molar-refractivity contribution in [2.75, 3.05) is 6.61 Å². The van der Waals surface area contributed by atoms with Crippen molar-refractivity contribution in [1.82, 2.24) is 15.3 Å². The van der Waals surface area contributed by atoms with E-state index in [1.807, 2.05) is 30.3 Å². The Hall–Kier alpha value is -2.33. The van der Waals surface area contributed by atoms with Gasteiger partial charge in [-0.2, -0.15) is 0 Å². The summed E-state index contributed by atoms with van der Waals surface area (Å²) >= 11 is 0. The van der Waals surface area contributed by atoms with Gasteiger partial charge in [0, 0.05) is 18.0 Å². The van der Waals surface area contributed by atoms with Gasteiger partial charge in [-0.05, 0) is 18.2 Å². The number of imidazole rings is 1. The van der Waals surface area contributed by atoms with Gasteiger partial charge in [0.25, 0.3) is 0 Å². The lowest BCUT2D eigenvalue weighted by Crippen LogP contribution is -2.27. The van der Waals surface area contributed by atoms with E-state index in [2.05, 4.69) is 33.5 Å². The summed E-state index contributed by atoms with van der Waals surface area (Å²) in [7, 11) is 0. The number of hydrogen-bond acceptors (Lipinski definition) is 3. The SMILES string of the molecule is c1ccc2c(c1)OCCC2NCc1nc2ccccc2[nH]1. The Balaban J connectivity index is 1.52. The van der Waals surface area contributed by atoms with E-state index in [-0.39, 0.29) is 0 Å².